The van der Waals surface area contributed by atoms with Gasteiger partial charge in [0.2, 0.25) is 5.91 Å². The number of benzene rings is 2. The molecule has 11 heteroatoms. The van der Waals surface area contributed by atoms with Gasteiger partial charge in [0.25, 0.3) is 10.0 Å². The predicted molar refractivity (Wildman–Crippen MR) is 124 cm³/mol. The zero-order valence-corrected chi connectivity index (χ0v) is 19.4. The standard InChI is InChI=1S/C21H17ClN4O4S2/c1-12(27)13-3-6-15(7-4-13)24-19(28)11-31-21-23-10-18-20(25-21)16-9-14(22)5-8-17(16)26(2)32(18,29)30/h3-10H,11H2,1-2H3,(H,24,28). The average molecular weight is 489 g/mol. The molecular formula is C21H17ClN4O4S2. The number of aromatic nitrogens is 2. The Morgan fingerprint density at radius 3 is 2.56 bits per heavy atom. The Morgan fingerprint density at radius 1 is 1.16 bits per heavy atom. The molecule has 0 atom stereocenters. The minimum Gasteiger partial charge on any atom is -0.325 e. The van der Waals surface area contributed by atoms with Crippen LogP contribution in [0.2, 0.25) is 5.02 Å². The monoisotopic (exact) mass is 488 g/mol. The van der Waals surface area contributed by atoms with Gasteiger partial charge >= 0.3 is 0 Å². The molecule has 0 radical (unpaired) electrons. The van der Waals surface area contributed by atoms with Crippen LogP contribution in [0.15, 0.2) is 58.7 Å². The van der Waals surface area contributed by atoms with E-state index in [9.17, 15) is 18.0 Å². The number of carbonyl (C=O) groups excluding carboxylic acids is 2. The number of ketones is 1. The van der Waals surface area contributed by atoms with Gasteiger partial charge in [-0.05, 0) is 49.4 Å². The number of fused-ring (bicyclic) bond motifs is 3. The van der Waals surface area contributed by atoms with Gasteiger partial charge in [-0.25, -0.2) is 18.4 Å². The minimum atomic E-state index is -3.79. The van der Waals surface area contributed by atoms with E-state index in [1.54, 1.807) is 42.5 Å². The second-order valence-corrected chi connectivity index (χ2v) is 10.3. The molecule has 3 aromatic rings. The van der Waals surface area contributed by atoms with Crippen LogP contribution in [0.25, 0.3) is 11.3 Å². The first-order chi connectivity index (χ1) is 15.2. The second kappa shape index (κ2) is 8.53. The highest BCUT2D eigenvalue weighted by molar-refractivity contribution is 7.99. The fourth-order valence-electron chi connectivity index (χ4n) is 3.17. The number of anilines is 2. The Hall–Kier alpha value is -2.95. The van der Waals surface area contributed by atoms with Crippen molar-refractivity contribution in [3.63, 3.8) is 0 Å². The number of thioether (sulfide) groups is 1. The summed E-state index contributed by atoms with van der Waals surface area (Å²) in [6, 6.07) is 11.5. The number of hydrogen-bond donors (Lipinski definition) is 1. The molecule has 8 nitrogen and oxygen atoms in total. The molecule has 32 heavy (non-hydrogen) atoms. The van der Waals surface area contributed by atoms with Gasteiger partial charge in [-0.3, -0.25) is 13.9 Å². The number of Topliss-reactive ketones (excluding diaryl/α,β-unsaturated/α-hetero) is 1. The Bertz CT molecular complexity index is 1340. The van der Waals surface area contributed by atoms with E-state index in [-0.39, 0.29) is 33.2 Å². The van der Waals surface area contributed by atoms with Gasteiger partial charge in [0.05, 0.1) is 23.3 Å². The van der Waals surface area contributed by atoms with Crippen molar-refractivity contribution in [3.8, 4) is 11.3 Å². The maximum atomic E-state index is 12.8. The van der Waals surface area contributed by atoms with Crippen molar-refractivity contribution in [2.24, 2.45) is 0 Å². The van der Waals surface area contributed by atoms with Crippen LogP contribution in [-0.4, -0.2) is 42.9 Å². The maximum absolute atomic E-state index is 12.8. The molecule has 1 N–H and O–H groups in total. The molecule has 0 saturated heterocycles. The number of carbonyl (C=O) groups is 2. The third-order valence-electron chi connectivity index (χ3n) is 4.83. The van der Waals surface area contributed by atoms with Crippen molar-refractivity contribution >= 4 is 56.5 Å². The first-order valence-electron chi connectivity index (χ1n) is 9.36. The number of halogens is 1. The van der Waals surface area contributed by atoms with Crippen LogP contribution < -0.4 is 9.62 Å². The van der Waals surface area contributed by atoms with Crippen LogP contribution in [-0.2, 0) is 14.8 Å². The molecule has 0 aliphatic carbocycles. The number of hydrogen-bond acceptors (Lipinski definition) is 7. The summed E-state index contributed by atoms with van der Waals surface area (Å²) in [6.45, 7) is 1.47. The number of nitrogens with zero attached hydrogens (tertiary/aromatic N) is 3. The van der Waals surface area contributed by atoms with Crippen molar-refractivity contribution in [1.82, 2.24) is 9.97 Å². The summed E-state index contributed by atoms with van der Waals surface area (Å²) in [5.41, 5.74) is 2.40. The van der Waals surface area contributed by atoms with E-state index in [4.69, 9.17) is 11.6 Å². The van der Waals surface area contributed by atoms with Crippen molar-refractivity contribution < 1.29 is 18.0 Å². The highest BCUT2D eigenvalue weighted by atomic mass is 35.5. The largest absolute Gasteiger partial charge is 0.325 e. The first kappa shape index (κ1) is 22.3. The Balaban J connectivity index is 1.54. The maximum Gasteiger partial charge on any atom is 0.267 e. The van der Waals surface area contributed by atoms with Crippen LogP contribution in [0.1, 0.15) is 17.3 Å². The minimum absolute atomic E-state index is 0.0162. The van der Waals surface area contributed by atoms with Crippen LogP contribution in [0, 0.1) is 0 Å². The highest BCUT2D eigenvalue weighted by Gasteiger charge is 2.34. The van der Waals surface area contributed by atoms with E-state index in [2.05, 4.69) is 15.3 Å². The Kier molecular flexibility index (Phi) is 5.93. The van der Waals surface area contributed by atoms with E-state index in [0.717, 1.165) is 11.8 Å². The lowest BCUT2D eigenvalue weighted by molar-refractivity contribution is -0.113. The molecule has 4 rings (SSSR count). The number of rotatable bonds is 5. The van der Waals surface area contributed by atoms with Crippen molar-refractivity contribution in [2.45, 2.75) is 17.0 Å². The van der Waals surface area contributed by atoms with Crippen LogP contribution in [0.5, 0.6) is 0 Å². The smallest absolute Gasteiger partial charge is 0.267 e. The summed E-state index contributed by atoms with van der Waals surface area (Å²) in [4.78, 5) is 32.2. The van der Waals surface area contributed by atoms with E-state index >= 15 is 0 Å². The van der Waals surface area contributed by atoms with E-state index in [0.29, 0.717) is 27.5 Å². The summed E-state index contributed by atoms with van der Waals surface area (Å²) in [7, 11) is -2.33. The molecule has 1 aliphatic heterocycles. The van der Waals surface area contributed by atoms with Crippen LogP contribution in [0.4, 0.5) is 11.4 Å². The topological polar surface area (TPSA) is 109 Å². The molecule has 2 aromatic carbocycles. The Labute approximate surface area is 194 Å². The summed E-state index contributed by atoms with van der Waals surface area (Å²) < 4.78 is 26.8. The molecule has 0 bridgehead atoms. The SMILES string of the molecule is CC(=O)c1ccc(NC(=O)CSc2ncc3c(n2)-c2cc(Cl)ccc2N(C)S3(=O)=O)cc1. The summed E-state index contributed by atoms with van der Waals surface area (Å²) in [6.07, 6.45) is 1.25. The van der Waals surface area contributed by atoms with Crippen molar-refractivity contribution in [2.75, 3.05) is 22.4 Å². The predicted octanol–water partition coefficient (Wildman–Crippen LogP) is 3.87. The van der Waals surface area contributed by atoms with Crippen molar-refractivity contribution in [1.29, 1.82) is 0 Å². The zero-order chi connectivity index (χ0) is 23.0. The zero-order valence-electron chi connectivity index (χ0n) is 17.0. The number of nitrogens with one attached hydrogen (secondary N) is 1. The van der Waals surface area contributed by atoms with Gasteiger partial charge in [0.1, 0.15) is 4.90 Å². The van der Waals surface area contributed by atoms with Gasteiger partial charge in [-0.2, -0.15) is 0 Å². The van der Waals surface area contributed by atoms with Crippen LogP contribution >= 0.6 is 23.4 Å². The van der Waals surface area contributed by atoms with Gasteiger partial charge < -0.3 is 5.32 Å². The first-order valence-corrected chi connectivity index (χ1v) is 12.2. The second-order valence-electron chi connectivity index (χ2n) is 6.97. The lowest BCUT2D eigenvalue weighted by Crippen LogP contribution is -2.31. The lowest BCUT2D eigenvalue weighted by Gasteiger charge is -2.28. The average Bonchev–Trinajstić information content (AvgIpc) is 2.76. The molecule has 2 heterocycles. The van der Waals surface area contributed by atoms with Gasteiger partial charge in [0.15, 0.2) is 10.9 Å². The molecule has 0 fully saturated rings. The highest BCUT2D eigenvalue weighted by Crippen LogP contribution is 2.42. The molecule has 164 valence electrons. The van der Waals surface area contributed by atoms with E-state index in [1.165, 1.54) is 24.5 Å². The normalized spacial score (nSPS) is 13.8. The number of amides is 1. The van der Waals surface area contributed by atoms with Crippen molar-refractivity contribution in [3.05, 3.63) is 59.2 Å². The van der Waals surface area contributed by atoms with Gasteiger partial charge in [-0.1, -0.05) is 23.4 Å². The van der Waals surface area contributed by atoms with Gasteiger partial charge in [-0.15, -0.1) is 0 Å². The molecule has 1 aliphatic rings. The Morgan fingerprint density at radius 2 is 1.88 bits per heavy atom. The molecule has 1 amide bonds. The summed E-state index contributed by atoms with van der Waals surface area (Å²) in [5.74, 6) is -0.329. The molecular weight excluding hydrogens is 472 g/mol. The molecule has 1 aromatic heterocycles. The quantitative estimate of drug-likeness (QED) is 0.330. The third kappa shape index (κ3) is 4.21. The molecule has 0 unspecified atom stereocenters. The fourth-order valence-corrected chi connectivity index (χ4v) is 5.26. The summed E-state index contributed by atoms with van der Waals surface area (Å²) >= 11 is 7.20. The number of sulfonamides is 1. The molecule has 0 spiro atoms. The third-order valence-corrected chi connectivity index (χ3v) is 7.70. The van der Waals surface area contributed by atoms with E-state index < -0.39 is 10.0 Å². The summed E-state index contributed by atoms with van der Waals surface area (Å²) in [5, 5.41) is 3.45. The fraction of sp³-hybridized carbons (Fsp3) is 0.143. The van der Waals surface area contributed by atoms with Gasteiger partial charge in [0, 0.05) is 28.9 Å². The lowest BCUT2D eigenvalue weighted by atomic mass is 10.1. The van der Waals surface area contributed by atoms with Crippen LogP contribution in [0.3, 0.4) is 0 Å². The van der Waals surface area contributed by atoms with E-state index in [1.807, 2.05) is 0 Å². The molecule has 0 saturated carbocycles.